The van der Waals surface area contributed by atoms with Crippen LogP contribution < -0.4 is 0 Å². The van der Waals surface area contributed by atoms with Crippen molar-refractivity contribution in [3.8, 4) is 0 Å². The first-order chi connectivity index (χ1) is 8.70. The highest BCUT2D eigenvalue weighted by atomic mass is 15.1. The van der Waals surface area contributed by atoms with Crippen molar-refractivity contribution >= 4 is 0 Å². The summed E-state index contributed by atoms with van der Waals surface area (Å²) in [7, 11) is 0. The van der Waals surface area contributed by atoms with Gasteiger partial charge in [-0.05, 0) is 23.5 Å². The Bertz CT molecular complexity index is 480. The van der Waals surface area contributed by atoms with Crippen LogP contribution in [0.4, 0.5) is 0 Å². The van der Waals surface area contributed by atoms with Gasteiger partial charge in [-0.2, -0.15) is 0 Å². The lowest BCUT2D eigenvalue weighted by Crippen LogP contribution is -2.04. The predicted octanol–water partition coefficient (Wildman–Crippen LogP) is 4.01. The molecule has 0 radical (unpaired) electrons. The zero-order valence-corrected chi connectivity index (χ0v) is 11.6. The zero-order chi connectivity index (χ0) is 13.0. The highest BCUT2D eigenvalue weighted by Crippen LogP contribution is 2.15. The van der Waals surface area contributed by atoms with Crippen LogP contribution in [0.15, 0.2) is 36.7 Å². The topological polar surface area (TPSA) is 17.8 Å². The number of aryl methyl sites for hydroxylation is 1. The predicted molar refractivity (Wildman–Crippen MR) is 75.9 cm³/mol. The van der Waals surface area contributed by atoms with E-state index >= 15 is 0 Å². The molecular weight excluding hydrogens is 220 g/mol. The fourth-order valence-corrected chi connectivity index (χ4v) is 2.14. The Morgan fingerprint density at radius 3 is 2.50 bits per heavy atom. The molecule has 0 saturated heterocycles. The molecule has 0 aliphatic rings. The standard InChI is InChI=1S/C16H22N2/c1-4-5-16-17-10-11-18(16)12-14-6-8-15(9-7-14)13(2)3/h6-11,13H,4-5,12H2,1-3H3. The third-order valence-electron chi connectivity index (χ3n) is 3.27. The molecule has 0 aliphatic carbocycles. The molecule has 0 fully saturated rings. The van der Waals surface area contributed by atoms with E-state index < -0.39 is 0 Å². The molecule has 0 spiro atoms. The third kappa shape index (κ3) is 3.00. The Morgan fingerprint density at radius 1 is 1.17 bits per heavy atom. The molecule has 2 rings (SSSR count). The van der Waals surface area contributed by atoms with Crippen LogP contribution in [0.3, 0.4) is 0 Å². The van der Waals surface area contributed by atoms with E-state index in [1.807, 2.05) is 6.20 Å². The number of aromatic nitrogens is 2. The summed E-state index contributed by atoms with van der Waals surface area (Å²) >= 11 is 0. The van der Waals surface area contributed by atoms with E-state index in [0.717, 1.165) is 19.4 Å². The van der Waals surface area contributed by atoms with Gasteiger partial charge in [0.2, 0.25) is 0 Å². The lowest BCUT2D eigenvalue weighted by atomic mass is 10.0. The molecule has 2 aromatic rings. The molecule has 0 amide bonds. The minimum atomic E-state index is 0.600. The highest BCUT2D eigenvalue weighted by molar-refractivity contribution is 5.25. The molecule has 1 aromatic heterocycles. The van der Waals surface area contributed by atoms with Crippen molar-refractivity contribution in [1.82, 2.24) is 9.55 Å². The molecule has 0 aliphatic heterocycles. The summed E-state index contributed by atoms with van der Waals surface area (Å²) in [5.41, 5.74) is 2.74. The summed E-state index contributed by atoms with van der Waals surface area (Å²) in [4.78, 5) is 4.41. The fourth-order valence-electron chi connectivity index (χ4n) is 2.14. The average Bonchev–Trinajstić information content (AvgIpc) is 2.78. The number of nitrogens with zero attached hydrogens (tertiary/aromatic N) is 2. The molecule has 2 nitrogen and oxygen atoms in total. The Kier molecular flexibility index (Phi) is 4.19. The van der Waals surface area contributed by atoms with E-state index in [9.17, 15) is 0 Å². The number of hydrogen-bond acceptors (Lipinski definition) is 1. The van der Waals surface area contributed by atoms with Gasteiger partial charge in [-0.15, -0.1) is 0 Å². The summed E-state index contributed by atoms with van der Waals surface area (Å²) in [5, 5.41) is 0. The largest absolute Gasteiger partial charge is 0.331 e. The fraction of sp³-hybridized carbons (Fsp3) is 0.438. The van der Waals surface area contributed by atoms with Gasteiger partial charge in [0.05, 0.1) is 0 Å². The summed E-state index contributed by atoms with van der Waals surface area (Å²) in [5.74, 6) is 1.79. The van der Waals surface area contributed by atoms with Gasteiger partial charge in [0.25, 0.3) is 0 Å². The maximum absolute atomic E-state index is 4.41. The smallest absolute Gasteiger partial charge is 0.108 e. The molecule has 1 heterocycles. The summed E-state index contributed by atoms with van der Waals surface area (Å²) in [6.45, 7) is 7.57. The molecule has 0 bridgehead atoms. The van der Waals surface area contributed by atoms with Gasteiger partial charge >= 0.3 is 0 Å². The van der Waals surface area contributed by atoms with Gasteiger partial charge in [-0.25, -0.2) is 4.98 Å². The first kappa shape index (κ1) is 12.9. The van der Waals surface area contributed by atoms with Gasteiger partial charge in [-0.1, -0.05) is 45.0 Å². The second kappa shape index (κ2) is 5.85. The molecule has 2 heteroatoms. The molecule has 0 atom stereocenters. The lowest BCUT2D eigenvalue weighted by molar-refractivity contribution is 0.704. The van der Waals surface area contributed by atoms with E-state index in [4.69, 9.17) is 0 Å². The van der Waals surface area contributed by atoms with Gasteiger partial charge < -0.3 is 4.57 Å². The maximum atomic E-state index is 4.41. The number of rotatable bonds is 5. The van der Waals surface area contributed by atoms with Crippen LogP contribution in [0.1, 0.15) is 50.1 Å². The molecule has 0 unspecified atom stereocenters. The number of benzene rings is 1. The van der Waals surface area contributed by atoms with Gasteiger partial charge in [-0.3, -0.25) is 0 Å². The molecule has 96 valence electrons. The van der Waals surface area contributed by atoms with Crippen molar-refractivity contribution < 1.29 is 0 Å². The SMILES string of the molecule is CCCc1nccn1Cc1ccc(C(C)C)cc1. The van der Waals surface area contributed by atoms with Crippen molar-refractivity contribution in [2.24, 2.45) is 0 Å². The van der Waals surface area contributed by atoms with Crippen molar-refractivity contribution in [2.45, 2.75) is 46.1 Å². The number of imidazole rings is 1. The van der Waals surface area contributed by atoms with Gasteiger partial charge in [0, 0.05) is 25.4 Å². The quantitative estimate of drug-likeness (QED) is 0.774. The van der Waals surface area contributed by atoms with Crippen LogP contribution in [-0.2, 0) is 13.0 Å². The highest BCUT2D eigenvalue weighted by Gasteiger charge is 2.03. The lowest BCUT2D eigenvalue weighted by Gasteiger charge is -2.09. The minimum absolute atomic E-state index is 0.600. The minimum Gasteiger partial charge on any atom is -0.331 e. The van der Waals surface area contributed by atoms with Crippen LogP contribution in [0.25, 0.3) is 0 Å². The van der Waals surface area contributed by atoms with E-state index in [-0.39, 0.29) is 0 Å². The van der Waals surface area contributed by atoms with Crippen molar-refractivity contribution in [1.29, 1.82) is 0 Å². The first-order valence-electron chi connectivity index (χ1n) is 6.79. The van der Waals surface area contributed by atoms with Crippen LogP contribution in [0, 0.1) is 0 Å². The van der Waals surface area contributed by atoms with Crippen molar-refractivity contribution in [3.05, 3.63) is 53.6 Å². The summed E-state index contributed by atoms with van der Waals surface area (Å²) in [6, 6.07) is 8.92. The second-order valence-corrected chi connectivity index (χ2v) is 5.12. The van der Waals surface area contributed by atoms with E-state index in [1.165, 1.54) is 17.0 Å². The molecular formula is C16H22N2. The van der Waals surface area contributed by atoms with E-state index in [1.54, 1.807) is 0 Å². The van der Waals surface area contributed by atoms with E-state index in [2.05, 4.69) is 60.8 Å². The monoisotopic (exact) mass is 242 g/mol. The Balaban J connectivity index is 2.11. The third-order valence-corrected chi connectivity index (χ3v) is 3.27. The van der Waals surface area contributed by atoms with Crippen LogP contribution in [0.2, 0.25) is 0 Å². The Labute approximate surface area is 110 Å². The molecule has 0 N–H and O–H groups in total. The number of hydrogen-bond donors (Lipinski definition) is 0. The zero-order valence-electron chi connectivity index (χ0n) is 11.6. The van der Waals surface area contributed by atoms with Crippen molar-refractivity contribution in [2.75, 3.05) is 0 Å². The van der Waals surface area contributed by atoms with Gasteiger partial charge in [0.15, 0.2) is 0 Å². The van der Waals surface area contributed by atoms with E-state index in [0.29, 0.717) is 5.92 Å². The van der Waals surface area contributed by atoms with Gasteiger partial charge in [0.1, 0.15) is 5.82 Å². The first-order valence-corrected chi connectivity index (χ1v) is 6.79. The summed E-state index contributed by atoms with van der Waals surface area (Å²) < 4.78 is 2.24. The Hall–Kier alpha value is -1.57. The molecule has 0 saturated carbocycles. The second-order valence-electron chi connectivity index (χ2n) is 5.12. The maximum Gasteiger partial charge on any atom is 0.108 e. The Morgan fingerprint density at radius 2 is 1.89 bits per heavy atom. The van der Waals surface area contributed by atoms with Crippen molar-refractivity contribution in [3.63, 3.8) is 0 Å². The van der Waals surface area contributed by atoms with Crippen LogP contribution >= 0.6 is 0 Å². The summed E-state index contributed by atoms with van der Waals surface area (Å²) in [6.07, 6.45) is 6.16. The normalized spacial score (nSPS) is 11.1. The van der Waals surface area contributed by atoms with Crippen LogP contribution in [-0.4, -0.2) is 9.55 Å². The molecule has 1 aromatic carbocycles. The average molecular weight is 242 g/mol. The molecule has 18 heavy (non-hydrogen) atoms. The van der Waals surface area contributed by atoms with Crippen LogP contribution in [0.5, 0.6) is 0 Å².